The molecule has 1 fully saturated rings. The van der Waals surface area contributed by atoms with Crippen LogP contribution in [-0.4, -0.2) is 45.9 Å². The number of carbonyl (C=O) groups is 2. The SMILES string of the molecule is O=C([O-])CSCC(=O)N1C[C@@H]2C[C@H](C1)c1c(-c3ccccc3)ccc(=O)n1C2. The molecule has 28 heavy (non-hydrogen) atoms. The van der Waals surface area contributed by atoms with E-state index in [1.807, 2.05) is 45.9 Å². The fourth-order valence-corrected chi connectivity index (χ4v) is 5.02. The number of aliphatic carboxylic acids is 1. The van der Waals surface area contributed by atoms with E-state index < -0.39 is 5.97 Å². The molecule has 0 aliphatic carbocycles. The highest BCUT2D eigenvalue weighted by molar-refractivity contribution is 8.00. The van der Waals surface area contributed by atoms with Crippen molar-refractivity contribution in [2.24, 2.45) is 5.92 Å². The Morgan fingerprint density at radius 3 is 2.57 bits per heavy atom. The number of benzene rings is 1. The van der Waals surface area contributed by atoms with Gasteiger partial charge in [-0.15, -0.1) is 11.8 Å². The third kappa shape index (κ3) is 3.71. The molecule has 0 N–H and O–H groups in total. The summed E-state index contributed by atoms with van der Waals surface area (Å²) in [4.78, 5) is 37.5. The standard InChI is InChI=1S/C21H22N2O4S/c24-18-7-6-17(15-4-2-1-3-5-15)21-16-8-14(10-23(18)21)9-22(11-16)19(25)12-28-13-20(26)27/h1-7,14,16H,8-13H2,(H,26,27)/p-1/t14-,16+/m0/s1. The van der Waals surface area contributed by atoms with Gasteiger partial charge >= 0.3 is 0 Å². The molecule has 2 aromatic rings. The fraction of sp³-hybridized carbons (Fsp3) is 0.381. The number of amides is 1. The van der Waals surface area contributed by atoms with Crippen molar-refractivity contribution in [3.8, 4) is 11.1 Å². The van der Waals surface area contributed by atoms with Crippen LogP contribution in [0, 0.1) is 5.92 Å². The summed E-state index contributed by atoms with van der Waals surface area (Å²) in [6.07, 6.45) is 0.958. The van der Waals surface area contributed by atoms with Gasteiger partial charge < -0.3 is 19.4 Å². The van der Waals surface area contributed by atoms with Crippen molar-refractivity contribution in [2.45, 2.75) is 18.9 Å². The van der Waals surface area contributed by atoms with Gasteiger partial charge in [0.1, 0.15) is 0 Å². The molecule has 2 bridgehead atoms. The van der Waals surface area contributed by atoms with Gasteiger partial charge in [0.2, 0.25) is 5.91 Å². The lowest BCUT2D eigenvalue weighted by Crippen LogP contribution is -2.49. The molecular formula is C21H21N2O4S-. The molecule has 0 unspecified atom stereocenters. The van der Waals surface area contributed by atoms with Crippen LogP contribution in [-0.2, 0) is 16.1 Å². The van der Waals surface area contributed by atoms with E-state index in [0.29, 0.717) is 19.6 Å². The summed E-state index contributed by atoms with van der Waals surface area (Å²) in [5.74, 6) is -0.900. The van der Waals surface area contributed by atoms with Crippen molar-refractivity contribution >= 4 is 23.6 Å². The number of hydrogen-bond acceptors (Lipinski definition) is 5. The number of thioether (sulfide) groups is 1. The maximum absolute atomic E-state index is 12.6. The molecule has 146 valence electrons. The molecule has 4 rings (SSSR count). The Balaban J connectivity index is 1.62. The van der Waals surface area contributed by atoms with Crippen LogP contribution in [0.15, 0.2) is 47.3 Å². The van der Waals surface area contributed by atoms with Gasteiger partial charge in [-0.25, -0.2) is 0 Å². The number of carboxylic acid groups (broad SMARTS) is 1. The summed E-state index contributed by atoms with van der Waals surface area (Å²) in [5.41, 5.74) is 3.13. The number of fused-ring (bicyclic) bond motifs is 4. The molecule has 6 nitrogen and oxygen atoms in total. The molecule has 1 aromatic heterocycles. The first-order chi connectivity index (χ1) is 13.5. The molecule has 2 aliphatic heterocycles. The van der Waals surface area contributed by atoms with Crippen LogP contribution >= 0.6 is 11.8 Å². The van der Waals surface area contributed by atoms with Gasteiger partial charge in [-0.2, -0.15) is 0 Å². The lowest BCUT2D eigenvalue weighted by molar-refractivity contribution is -0.301. The number of nitrogens with zero attached hydrogens (tertiary/aromatic N) is 2. The molecule has 1 saturated heterocycles. The zero-order valence-electron chi connectivity index (χ0n) is 15.4. The van der Waals surface area contributed by atoms with Crippen molar-refractivity contribution in [3.05, 3.63) is 58.5 Å². The first-order valence-electron chi connectivity index (χ1n) is 9.37. The Bertz CT molecular complexity index is 957. The van der Waals surface area contributed by atoms with E-state index >= 15 is 0 Å². The summed E-state index contributed by atoms with van der Waals surface area (Å²) < 4.78 is 1.88. The Kier molecular flexibility index (Phi) is 5.26. The lowest BCUT2D eigenvalue weighted by Gasteiger charge is -2.43. The third-order valence-corrected chi connectivity index (χ3v) is 6.36. The summed E-state index contributed by atoms with van der Waals surface area (Å²) in [7, 11) is 0. The molecule has 2 atom stereocenters. The second-order valence-corrected chi connectivity index (χ2v) is 8.39. The van der Waals surface area contributed by atoms with Crippen molar-refractivity contribution in [2.75, 3.05) is 24.6 Å². The highest BCUT2D eigenvalue weighted by Crippen LogP contribution is 2.39. The van der Waals surface area contributed by atoms with Crippen LogP contribution < -0.4 is 10.7 Å². The minimum absolute atomic E-state index is 0.00803. The normalized spacial score (nSPS) is 20.5. The highest BCUT2D eigenvalue weighted by atomic mass is 32.2. The first kappa shape index (κ1) is 18.8. The average Bonchev–Trinajstić information content (AvgIpc) is 2.69. The molecule has 1 aromatic carbocycles. The molecule has 3 heterocycles. The smallest absolute Gasteiger partial charge is 0.250 e. The molecule has 0 radical (unpaired) electrons. The summed E-state index contributed by atoms with van der Waals surface area (Å²) in [5, 5.41) is 10.6. The van der Waals surface area contributed by atoms with Crippen LogP contribution in [0.3, 0.4) is 0 Å². The molecule has 7 heteroatoms. The van der Waals surface area contributed by atoms with Crippen LogP contribution in [0.5, 0.6) is 0 Å². The van der Waals surface area contributed by atoms with Crippen LogP contribution in [0.25, 0.3) is 11.1 Å². The average molecular weight is 397 g/mol. The number of piperidine rings is 1. The lowest BCUT2D eigenvalue weighted by atomic mass is 9.80. The van der Waals surface area contributed by atoms with Crippen molar-refractivity contribution in [1.29, 1.82) is 0 Å². The summed E-state index contributed by atoms with van der Waals surface area (Å²) in [6, 6.07) is 13.5. The Morgan fingerprint density at radius 1 is 1.04 bits per heavy atom. The number of carbonyl (C=O) groups excluding carboxylic acids is 2. The Hall–Kier alpha value is -2.54. The topological polar surface area (TPSA) is 82.4 Å². The maximum Gasteiger partial charge on any atom is 0.250 e. The van der Waals surface area contributed by atoms with E-state index in [9.17, 15) is 19.5 Å². The molecule has 0 spiro atoms. The van der Waals surface area contributed by atoms with E-state index in [-0.39, 0.29) is 34.8 Å². The van der Waals surface area contributed by atoms with E-state index in [4.69, 9.17) is 0 Å². The first-order valence-corrected chi connectivity index (χ1v) is 10.5. The third-order valence-electron chi connectivity index (χ3n) is 5.47. The summed E-state index contributed by atoms with van der Waals surface area (Å²) >= 11 is 1.07. The van der Waals surface area contributed by atoms with E-state index in [1.165, 1.54) is 0 Å². The van der Waals surface area contributed by atoms with Gasteiger partial charge in [-0.05, 0) is 24.0 Å². The minimum atomic E-state index is -1.16. The zero-order valence-corrected chi connectivity index (χ0v) is 16.2. The van der Waals surface area contributed by atoms with Crippen molar-refractivity contribution < 1.29 is 14.7 Å². The van der Waals surface area contributed by atoms with Gasteiger partial charge in [-0.3, -0.25) is 9.59 Å². The van der Waals surface area contributed by atoms with Gasteiger partial charge in [0.05, 0.1) is 11.7 Å². The number of rotatable bonds is 5. The van der Waals surface area contributed by atoms with Gasteiger partial charge in [-0.1, -0.05) is 30.3 Å². The van der Waals surface area contributed by atoms with Crippen molar-refractivity contribution in [1.82, 2.24) is 9.47 Å². The monoisotopic (exact) mass is 397 g/mol. The van der Waals surface area contributed by atoms with Gasteiger partial charge in [0, 0.05) is 48.6 Å². The largest absolute Gasteiger partial charge is 0.549 e. The number of likely N-dealkylation sites (tertiary alicyclic amines) is 1. The van der Waals surface area contributed by atoms with Gasteiger partial charge in [0.15, 0.2) is 0 Å². The number of pyridine rings is 1. The quantitative estimate of drug-likeness (QED) is 0.750. The van der Waals surface area contributed by atoms with E-state index in [2.05, 4.69) is 0 Å². The number of aromatic nitrogens is 1. The van der Waals surface area contributed by atoms with Crippen molar-refractivity contribution in [3.63, 3.8) is 0 Å². The van der Waals surface area contributed by atoms with E-state index in [0.717, 1.165) is 35.0 Å². The Morgan fingerprint density at radius 2 is 1.82 bits per heavy atom. The molecule has 2 aliphatic rings. The molecule has 1 amide bonds. The zero-order chi connectivity index (χ0) is 19.7. The molecule has 0 saturated carbocycles. The Labute approximate surface area is 167 Å². The fourth-order valence-electron chi connectivity index (χ4n) is 4.39. The van der Waals surface area contributed by atoms with E-state index in [1.54, 1.807) is 6.07 Å². The number of carboxylic acids is 1. The predicted octanol–water partition coefficient (Wildman–Crippen LogP) is 0.944. The van der Waals surface area contributed by atoms with Crippen LogP contribution in [0.4, 0.5) is 0 Å². The molecular weight excluding hydrogens is 376 g/mol. The van der Waals surface area contributed by atoms with Crippen LogP contribution in [0.2, 0.25) is 0 Å². The van der Waals surface area contributed by atoms with Crippen LogP contribution in [0.1, 0.15) is 18.0 Å². The second kappa shape index (κ2) is 7.83. The predicted molar refractivity (Wildman–Crippen MR) is 106 cm³/mol. The van der Waals surface area contributed by atoms with Gasteiger partial charge in [0.25, 0.3) is 5.56 Å². The highest BCUT2D eigenvalue weighted by Gasteiger charge is 2.37. The minimum Gasteiger partial charge on any atom is -0.549 e. The summed E-state index contributed by atoms with van der Waals surface area (Å²) in [6.45, 7) is 1.79. The maximum atomic E-state index is 12.6. The second-order valence-electron chi connectivity index (χ2n) is 7.41. The number of hydrogen-bond donors (Lipinski definition) is 0.